The number of anilines is 1. The number of β-amino-alcohol motifs (C(OH)–C–C–N with tert-alkyl or cyclic N) is 1. The molecule has 1 fully saturated rings. The summed E-state index contributed by atoms with van der Waals surface area (Å²) in [6, 6.07) is 5.78. The van der Waals surface area contributed by atoms with E-state index in [2.05, 4.69) is 0 Å². The standard InChI is InChI=1S/C11H11NO5/c13-8-5-12(10(15)9(8)14)7-3-1-2-6(4-7)11(16)17/h1-4,8-9,13-14H,5H2,(H,16,17). The Bertz CT molecular complexity index is 473. The first kappa shape index (κ1) is 11.6. The second-order valence-electron chi connectivity index (χ2n) is 3.82. The van der Waals surface area contributed by atoms with Crippen LogP contribution in [-0.4, -0.2) is 45.9 Å². The lowest BCUT2D eigenvalue weighted by atomic mass is 10.2. The van der Waals surface area contributed by atoms with E-state index in [0.29, 0.717) is 5.69 Å². The molecule has 3 N–H and O–H groups in total. The molecule has 1 heterocycles. The second kappa shape index (κ2) is 4.15. The van der Waals surface area contributed by atoms with Crippen LogP contribution in [0.5, 0.6) is 0 Å². The Morgan fingerprint density at radius 2 is 2.06 bits per heavy atom. The van der Waals surface area contributed by atoms with Crippen LogP contribution in [0, 0.1) is 0 Å². The van der Waals surface area contributed by atoms with E-state index in [-0.39, 0.29) is 12.1 Å². The van der Waals surface area contributed by atoms with E-state index in [9.17, 15) is 19.8 Å². The zero-order valence-corrected chi connectivity index (χ0v) is 8.78. The Balaban J connectivity index is 2.32. The van der Waals surface area contributed by atoms with Crippen LogP contribution in [0.3, 0.4) is 0 Å². The number of hydrogen-bond acceptors (Lipinski definition) is 4. The van der Waals surface area contributed by atoms with Crippen molar-refractivity contribution in [3.8, 4) is 0 Å². The van der Waals surface area contributed by atoms with Crippen molar-refractivity contribution in [2.24, 2.45) is 0 Å². The summed E-state index contributed by atoms with van der Waals surface area (Å²) in [5, 5.41) is 27.5. The smallest absolute Gasteiger partial charge is 0.335 e. The minimum atomic E-state index is -1.44. The third-order valence-corrected chi connectivity index (χ3v) is 2.66. The molecule has 0 radical (unpaired) electrons. The Labute approximate surface area is 96.7 Å². The molecule has 6 heteroatoms. The quantitative estimate of drug-likeness (QED) is 0.641. The minimum absolute atomic E-state index is 0.0386. The van der Waals surface area contributed by atoms with E-state index in [4.69, 9.17) is 5.11 Å². The highest BCUT2D eigenvalue weighted by Gasteiger charge is 2.38. The number of carboxylic acids is 1. The van der Waals surface area contributed by atoms with Gasteiger partial charge in [-0.05, 0) is 18.2 Å². The zero-order valence-electron chi connectivity index (χ0n) is 8.78. The first-order chi connectivity index (χ1) is 8.00. The number of benzene rings is 1. The van der Waals surface area contributed by atoms with Crippen molar-refractivity contribution in [3.05, 3.63) is 29.8 Å². The fraction of sp³-hybridized carbons (Fsp3) is 0.273. The highest BCUT2D eigenvalue weighted by molar-refractivity contribution is 6.00. The number of carboxylic acid groups (broad SMARTS) is 1. The van der Waals surface area contributed by atoms with E-state index in [1.807, 2.05) is 0 Å². The summed E-state index contributed by atoms with van der Waals surface area (Å²) in [6.07, 6.45) is -2.58. The molecule has 2 atom stereocenters. The first-order valence-corrected chi connectivity index (χ1v) is 5.01. The van der Waals surface area contributed by atoms with Crippen molar-refractivity contribution in [1.29, 1.82) is 0 Å². The number of amides is 1. The van der Waals surface area contributed by atoms with Gasteiger partial charge in [-0.1, -0.05) is 6.07 Å². The molecule has 0 saturated carbocycles. The second-order valence-corrected chi connectivity index (χ2v) is 3.82. The van der Waals surface area contributed by atoms with Crippen LogP contribution in [0.4, 0.5) is 5.69 Å². The molecule has 0 aromatic heterocycles. The van der Waals surface area contributed by atoms with Gasteiger partial charge in [0.2, 0.25) is 0 Å². The molecule has 1 aliphatic rings. The average molecular weight is 237 g/mol. The van der Waals surface area contributed by atoms with Crippen molar-refractivity contribution >= 4 is 17.6 Å². The van der Waals surface area contributed by atoms with Crippen LogP contribution in [0.2, 0.25) is 0 Å². The molecule has 1 saturated heterocycles. The van der Waals surface area contributed by atoms with Gasteiger partial charge in [0.25, 0.3) is 5.91 Å². The Morgan fingerprint density at radius 3 is 2.59 bits per heavy atom. The van der Waals surface area contributed by atoms with Crippen LogP contribution in [0.1, 0.15) is 10.4 Å². The molecule has 0 bridgehead atoms. The van der Waals surface area contributed by atoms with Gasteiger partial charge in [0, 0.05) is 5.69 Å². The molecule has 0 spiro atoms. The number of aliphatic hydroxyl groups excluding tert-OH is 2. The van der Waals surface area contributed by atoms with Gasteiger partial charge in [-0.25, -0.2) is 4.79 Å². The lowest BCUT2D eigenvalue weighted by molar-refractivity contribution is -0.126. The number of hydrogen-bond donors (Lipinski definition) is 3. The van der Waals surface area contributed by atoms with Gasteiger partial charge in [0.1, 0.15) is 6.10 Å². The maximum atomic E-state index is 11.6. The normalized spacial score (nSPS) is 24.1. The minimum Gasteiger partial charge on any atom is -0.478 e. The van der Waals surface area contributed by atoms with Gasteiger partial charge >= 0.3 is 5.97 Å². The summed E-state index contributed by atoms with van der Waals surface area (Å²) < 4.78 is 0. The monoisotopic (exact) mass is 237 g/mol. The summed E-state index contributed by atoms with van der Waals surface area (Å²) in [5.41, 5.74) is 0.400. The summed E-state index contributed by atoms with van der Waals surface area (Å²) in [6.45, 7) is -0.0386. The summed E-state index contributed by atoms with van der Waals surface area (Å²) in [7, 11) is 0. The van der Waals surface area contributed by atoms with Gasteiger partial charge < -0.3 is 20.2 Å². The number of carbonyl (C=O) groups excluding carboxylic acids is 1. The fourth-order valence-corrected chi connectivity index (χ4v) is 1.74. The molecule has 0 aliphatic carbocycles. The molecule has 2 rings (SSSR count). The maximum absolute atomic E-state index is 11.6. The maximum Gasteiger partial charge on any atom is 0.335 e. The number of carbonyl (C=O) groups is 2. The SMILES string of the molecule is O=C(O)c1cccc(N2CC(O)C(O)C2=O)c1. The number of nitrogens with zero attached hydrogens (tertiary/aromatic N) is 1. The van der Waals surface area contributed by atoms with Gasteiger partial charge in [0.15, 0.2) is 6.10 Å². The zero-order chi connectivity index (χ0) is 12.6. The summed E-state index contributed by atoms with van der Waals surface area (Å²) in [4.78, 5) is 23.5. The predicted molar refractivity (Wildman–Crippen MR) is 57.8 cm³/mol. The van der Waals surface area contributed by atoms with E-state index in [0.717, 1.165) is 0 Å². The predicted octanol–water partition coefficient (Wildman–Crippen LogP) is -0.547. The van der Waals surface area contributed by atoms with Crippen molar-refractivity contribution in [2.75, 3.05) is 11.4 Å². The van der Waals surface area contributed by atoms with Crippen LogP contribution in [-0.2, 0) is 4.79 Å². The van der Waals surface area contributed by atoms with E-state index < -0.39 is 24.1 Å². The summed E-state index contributed by atoms with van der Waals surface area (Å²) >= 11 is 0. The molecular formula is C11H11NO5. The van der Waals surface area contributed by atoms with Gasteiger partial charge in [-0.3, -0.25) is 4.79 Å². The van der Waals surface area contributed by atoms with Gasteiger partial charge in [-0.2, -0.15) is 0 Å². The highest BCUT2D eigenvalue weighted by atomic mass is 16.4. The molecular weight excluding hydrogens is 226 g/mol. The first-order valence-electron chi connectivity index (χ1n) is 5.01. The third kappa shape index (κ3) is 2.00. The topological polar surface area (TPSA) is 98.1 Å². The van der Waals surface area contributed by atoms with Crippen LogP contribution in [0.15, 0.2) is 24.3 Å². The average Bonchev–Trinajstić information content (AvgIpc) is 2.57. The van der Waals surface area contributed by atoms with Crippen LogP contribution in [0.25, 0.3) is 0 Å². The Hall–Kier alpha value is -1.92. The highest BCUT2D eigenvalue weighted by Crippen LogP contribution is 2.22. The Kier molecular flexibility index (Phi) is 2.83. The third-order valence-electron chi connectivity index (χ3n) is 2.66. The molecule has 1 amide bonds. The molecule has 1 aliphatic heterocycles. The molecule has 2 unspecified atom stereocenters. The van der Waals surface area contributed by atoms with E-state index in [1.54, 1.807) is 6.07 Å². The molecule has 6 nitrogen and oxygen atoms in total. The van der Waals surface area contributed by atoms with Crippen molar-refractivity contribution in [1.82, 2.24) is 0 Å². The Morgan fingerprint density at radius 1 is 1.35 bits per heavy atom. The molecule has 1 aromatic rings. The van der Waals surface area contributed by atoms with E-state index in [1.165, 1.54) is 23.1 Å². The van der Waals surface area contributed by atoms with Crippen molar-refractivity contribution in [3.63, 3.8) is 0 Å². The van der Waals surface area contributed by atoms with Crippen molar-refractivity contribution in [2.45, 2.75) is 12.2 Å². The molecule has 90 valence electrons. The fourth-order valence-electron chi connectivity index (χ4n) is 1.74. The van der Waals surface area contributed by atoms with Crippen LogP contribution < -0.4 is 4.90 Å². The van der Waals surface area contributed by atoms with Crippen LogP contribution >= 0.6 is 0 Å². The summed E-state index contributed by atoms with van der Waals surface area (Å²) in [5.74, 6) is -1.72. The van der Waals surface area contributed by atoms with Gasteiger partial charge in [-0.15, -0.1) is 0 Å². The lowest BCUT2D eigenvalue weighted by Gasteiger charge is -2.15. The largest absolute Gasteiger partial charge is 0.478 e. The van der Waals surface area contributed by atoms with Gasteiger partial charge in [0.05, 0.1) is 12.1 Å². The van der Waals surface area contributed by atoms with E-state index >= 15 is 0 Å². The lowest BCUT2D eigenvalue weighted by Crippen LogP contribution is -2.29. The number of aliphatic hydroxyl groups is 2. The molecule has 1 aromatic carbocycles. The van der Waals surface area contributed by atoms with Crippen molar-refractivity contribution < 1.29 is 24.9 Å². The number of aromatic carboxylic acids is 1. The molecule has 17 heavy (non-hydrogen) atoms. The number of rotatable bonds is 2.